The van der Waals surface area contributed by atoms with E-state index in [9.17, 15) is 5.11 Å². The lowest BCUT2D eigenvalue weighted by Crippen LogP contribution is -2.01. The van der Waals surface area contributed by atoms with Gasteiger partial charge in [0.25, 0.3) is 5.89 Å². The highest BCUT2D eigenvalue weighted by atomic mass is 16.5. The highest BCUT2D eigenvalue weighted by Gasteiger charge is 2.43. The molecule has 0 radical (unpaired) electrons. The number of methoxy groups -OCH3 is 1. The van der Waals surface area contributed by atoms with E-state index in [1.54, 1.807) is 25.3 Å². The Morgan fingerprint density at radius 1 is 1.39 bits per heavy atom. The molecule has 5 nitrogen and oxygen atoms in total. The Balaban J connectivity index is 2.01. The summed E-state index contributed by atoms with van der Waals surface area (Å²) < 4.78 is 10.3. The van der Waals surface area contributed by atoms with Crippen LogP contribution in [0.1, 0.15) is 25.6 Å². The van der Waals surface area contributed by atoms with Gasteiger partial charge >= 0.3 is 0 Å². The van der Waals surface area contributed by atoms with Crippen LogP contribution < -0.4 is 4.74 Å². The van der Waals surface area contributed by atoms with E-state index in [0.717, 1.165) is 12.8 Å². The van der Waals surface area contributed by atoms with Gasteiger partial charge in [-0.3, -0.25) is 0 Å². The normalized spacial score (nSPS) is 16.6. The van der Waals surface area contributed by atoms with E-state index in [0.29, 0.717) is 23.0 Å². The van der Waals surface area contributed by atoms with Crippen molar-refractivity contribution in [1.29, 1.82) is 0 Å². The first-order valence-corrected chi connectivity index (χ1v) is 5.84. The van der Waals surface area contributed by atoms with Crippen molar-refractivity contribution in [1.82, 2.24) is 10.1 Å². The lowest BCUT2D eigenvalue weighted by molar-refractivity contribution is 0.404. The molecule has 5 heteroatoms. The van der Waals surface area contributed by atoms with Crippen LogP contribution in [0.2, 0.25) is 0 Å². The van der Waals surface area contributed by atoms with E-state index in [4.69, 9.17) is 9.26 Å². The molecule has 1 N–H and O–H groups in total. The summed E-state index contributed by atoms with van der Waals surface area (Å²) in [5, 5.41) is 13.8. The molecule has 94 valence electrons. The van der Waals surface area contributed by atoms with Gasteiger partial charge in [0.1, 0.15) is 11.5 Å². The quantitative estimate of drug-likeness (QED) is 0.901. The van der Waals surface area contributed by atoms with E-state index < -0.39 is 0 Å². The van der Waals surface area contributed by atoms with Crippen LogP contribution in [0.15, 0.2) is 22.7 Å². The third-order valence-corrected chi connectivity index (χ3v) is 3.40. The van der Waals surface area contributed by atoms with Gasteiger partial charge < -0.3 is 14.4 Å². The smallest absolute Gasteiger partial charge is 0.261 e. The number of benzene rings is 1. The van der Waals surface area contributed by atoms with Gasteiger partial charge in [0, 0.05) is 5.41 Å². The molecule has 1 aromatic carbocycles. The molecule has 18 heavy (non-hydrogen) atoms. The summed E-state index contributed by atoms with van der Waals surface area (Å²) in [6.45, 7) is 2.10. The van der Waals surface area contributed by atoms with E-state index in [-0.39, 0.29) is 11.2 Å². The summed E-state index contributed by atoms with van der Waals surface area (Å²) in [6.07, 6.45) is 2.16. The maximum Gasteiger partial charge on any atom is 0.261 e. The number of ether oxygens (including phenoxy) is 1. The molecule has 0 bridgehead atoms. The Kier molecular flexibility index (Phi) is 2.29. The number of phenols is 1. The second kappa shape index (κ2) is 3.73. The standard InChI is InChI=1S/C13H14N2O3/c1-13(5-6-13)12-14-11(18-15-12)9-7-8(17-2)3-4-10(9)16/h3-4,7,16H,5-6H2,1-2H3. The molecule has 1 aliphatic rings. The van der Waals surface area contributed by atoms with Crippen molar-refractivity contribution in [2.24, 2.45) is 0 Å². The van der Waals surface area contributed by atoms with E-state index in [1.807, 2.05) is 0 Å². The molecule has 1 saturated carbocycles. The third-order valence-electron chi connectivity index (χ3n) is 3.40. The van der Waals surface area contributed by atoms with Crippen molar-refractivity contribution < 1.29 is 14.4 Å². The predicted molar refractivity (Wildman–Crippen MR) is 64.5 cm³/mol. The number of phenolic OH excluding ortho intramolecular Hbond substituents is 1. The molecule has 0 aliphatic heterocycles. The van der Waals surface area contributed by atoms with Crippen LogP contribution >= 0.6 is 0 Å². The average Bonchev–Trinajstić information content (AvgIpc) is 2.94. The Labute approximate surface area is 104 Å². The number of aromatic hydroxyl groups is 1. The third kappa shape index (κ3) is 1.72. The van der Waals surface area contributed by atoms with Crippen molar-refractivity contribution in [3.63, 3.8) is 0 Å². The van der Waals surface area contributed by atoms with Crippen molar-refractivity contribution >= 4 is 0 Å². The van der Waals surface area contributed by atoms with Crippen molar-refractivity contribution in [2.75, 3.05) is 7.11 Å². The highest BCUT2D eigenvalue weighted by Crippen LogP contribution is 2.46. The number of aromatic nitrogens is 2. The minimum absolute atomic E-state index is 0.0518. The molecule has 1 aromatic heterocycles. The number of rotatable bonds is 3. The van der Waals surface area contributed by atoms with Crippen LogP contribution in [0.25, 0.3) is 11.5 Å². The van der Waals surface area contributed by atoms with Gasteiger partial charge in [-0.05, 0) is 31.0 Å². The van der Waals surface area contributed by atoms with Gasteiger partial charge in [0.2, 0.25) is 0 Å². The van der Waals surface area contributed by atoms with Crippen LogP contribution in [0.5, 0.6) is 11.5 Å². The molecular formula is C13H14N2O3. The summed E-state index contributed by atoms with van der Waals surface area (Å²) in [7, 11) is 1.57. The lowest BCUT2D eigenvalue weighted by atomic mass is 10.1. The first-order valence-electron chi connectivity index (χ1n) is 5.84. The summed E-state index contributed by atoms with van der Waals surface area (Å²) in [4.78, 5) is 4.36. The van der Waals surface area contributed by atoms with E-state index >= 15 is 0 Å². The SMILES string of the molecule is COc1ccc(O)c(-c2nc(C3(C)CC3)no2)c1. The molecule has 1 fully saturated rings. The molecule has 0 amide bonds. The first kappa shape index (κ1) is 11.1. The number of hydrogen-bond acceptors (Lipinski definition) is 5. The zero-order valence-corrected chi connectivity index (χ0v) is 10.3. The van der Waals surface area contributed by atoms with E-state index in [2.05, 4.69) is 17.1 Å². The summed E-state index contributed by atoms with van der Waals surface area (Å²) in [5.74, 6) is 1.78. The summed E-state index contributed by atoms with van der Waals surface area (Å²) in [6, 6.07) is 4.91. The van der Waals surface area contributed by atoms with Crippen LogP contribution in [0.4, 0.5) is 0 Å². The monoisotopic (exact) mass is 246 g/mol. The molecule has 3 rings (SSSR count). The maximum atomic E-state index is 9.83. The Morgan fingerprint density at radius 3 is 2.83 bits per heavy atom. The molecule has 0 spiro atoms. The van der Waals surface area contributed by atoms with Gasteiger partial charge in [-0.2, -0.15) is 4.98 Å². The van der Waals surface area contributed by atoms with Crippen molar-refractivity contribution in [2.45, 2.75) is 25.2 Å². The molecule has 1 heterocycles. The molecule has 1 aliphatic carbocycles. The van der Waals surface area contributed by atoms with Crippen LogP contribution in [-0.4, -0.2) is 22.4 Å². The Hall–Kier alpha value is -2.04. The lowest BCUT2D eigenvalue weighted by Gasteiger charge is -2.03. The summed E-state index contributed by atoms with van der Waals surface area (Å²) >= 11 is 0. The number of hydrogen-bond donors (Lipinski definition) is 1. The topological polar surface area (TPSA) is 68.4 Å². The largest absolute Gasteiger partial charge is 0.507 e. The molecular weight excluding hydrogens is 232 g/mol. The van der Waals surface area contributed by atoms with Gasteiger partial charge in [-0.15, -0.1) is 0 Å². The van der Waals surface area contributed by atoms with Crippen LogP contribution in [-0.2, 0) is 5.41 Å². The molecule has 0 atom stereocenters. The second-order valence-electron chi connectivity index (χ2n) is 4.87. The predicted octanol–water partition coefficient (Wildman–Crippen LogP) is 2.50. The fourth-order valence-electron chi connectivity index (χ4n) is 1.80. The summed E-state index contributed by atoms with van der Waals surface area (Å²) in [5.41, 5.74) is 0.549. The molecule has 2 aromatic rings. The van der Waals surface area contributed by atoms with Crippen molar-refractivity contribution in [3.8, 4) is 23.0 Å². The van der Waals surface area contributed by atoms with Crippen LogP contribution in [0.3, 0.4) is 0 Å². The first-order chi connectivity index (χ1) is 8.62. The zero-order chi connectivity index (χ0) is 12.8. The Morgan fingerprint density at radius 2 is 2.17 bits per heavy atom. The zero-order valence-electron chi connectivity index (χ0n) is 10.3. The van der Waals surface area contributed by atoms with Gasteiger partial charge in [0.15, 0.2) is 5.82 Å². The average molecular weight is 246 g/mol. The number of nitrogens with zero attached hydrogens (tertiary/aromatic N) is 2. The molecule has 0 unspecified atom stereocenters. The second-order valence-corrected chi connectivity index (χ2v) is 4.87. The Bertz CT molecular complexity index is 588. The molecule has 0 saturated heterocycles. The minimum atomic E-state index is 0.0518. The minimum Gasteiger partial charge on any atom is -0.507 e. The fourth-order valence-corrected chi connectivity index (χ4v) is 1.80. The van der Waals surface area contributed by atoms with Gasteiger partial charge in [0.05, 0.1) is 12.7 Å². The highest BCUT2D eigenvalue weighted by molar-refractivity contribution is 5.64. The van der Waals surface area contributed by atoms with Crippen LogP contribution in [0, 0.1) is 0 Å². The van der Waals surface area contributed by atoms with E-state index in [1.165, 1.54) is 0 Å². The fraction of sp³-hybridized carbons (Fsp3) is 0.385. The maximum absolute atomic E-state index is 9.83. The van der Waals surface area contributed by atoms with Gasteiger partial charge in [-0.25, -0.2) is 0 Å². The van der Waals surface area contributed by atoms with Gasteiger partial charge in [-0.1, -0.05) is 12.1 Å². The van der Waals surface area contributed by atoms with Crippen molar-refractivity contribution in [3.05, 3.63) is 24.0 Å².